The fourth-order valence-electron chi connectivity index (χ4n) is 2.51. The summed E-state index contributed by atoms with van der Waals surface area (Å²) in [5.41, 5.74) is 2.34. The smallest absolute Gasteiger partial charge is 0.338 e. The molecule has 122 valence electrons. The normalized spacial score (nSPS) is 10.4. The van der Waals surface area contributed by atoms with Crippen LogP contribution in [0.3, 0.4) is 0 Å². The molecule has 2 aromatic carbocycles. The number of rotatable bonds is 5. The van der Waals surface area contributed by atoms with Gasteiger partial charge in [-0.05, 0) is 49.1 Å². The molecule has 0 fully saturated rings. The zero-order valence-electron chi connectivity index (χ0n) is 13.4. The molecule has 5 nitrogen and oxygen atoms in total. The summed E-state index contributed by atoms with van der Waals surface area (Å²) in [7, 11) is 2.90. The van der Waals surface area contributed by atoms with Crippen LogP contribution in [0.15, 0.2) is 30.3 Å². The number of ether oxygens (including phenoxy) is 2. The average molecular weight is 316 g/mol. The highest BCUT2D eigenvalue weighted by Gasteiger charge is 2.20. The molecule has 2 aromatic rings. The van der Waals surface area contributed by atoms with Gasteiger partial charge in [0.2, 0.25) is 0 Å². The summed E-state index contributed by atoms with van der Waals surface area (Å²) in [6.07, 6.45) is 1.21. The van der Waals surface area contributed by atoms with Crippen molar-refractivity contribution in [1.82, 2.24) is 0 Å². The summed E-state index contributed by atoms with van der Waals surface area (Å²) in [6.45, 7) is 1.58. The number of benzene rings is 2. The Kier molecular flexibility index (Phi) is 5.11. The standard InChI is InChI=1S/C18H20O5/c1-11-16(18(21)23-3)13(10-15(19)17(11)20)7-4-12-5-8-14(22-2)9-6-12/h5-6,8-10,19-20H,4,7H2,1-3H3. The molecule has 2 rings (SSSR count). The molecule has 0 spiro atoms. The molecule has 0 bridgehead atoms. The Morgan fingerprint density at radius 3 is 2.30 bits per heavy atom. The Hall–Kier alpha value is -2.69. The molecule has 2 N–H and O–H groups in total. The molecule has 0 radical (unpaired) electrons. The second kappa shape index (κ2) is 7.05. The van der Waals surface area contributed by atoms with Crippen molar-refractivity contribution in [3.63, 3.8) is 0 Å². The van der Waals surface area contributed by atoms with Gasteiger partial charge in [0, 0.05) is 5.56 Å². The van der Waals surface area contributed by atoms with Crippen molar-refractivity contribution in [2.24, 2.45) is 0 Å². The fraction of sp³-hybridized carbons (Fsp3) is 0.278. The van der Waals surface area contributed by atoms with Crippen LogP contribution in [0.1, 0.15) is 27.0 Å². The Morgan fingerprint density at radius 1 is 1.09 bits per heavy atom. The van der Waals surface area contributed by atoms with E-state index < -0.39 is 5.97 Å². The van der Waals surface area contributed by atoms with E-state index in [-0.39, 0.29) is 11.5 Å². The molecular formula is C18H20O5. The third kappa shape index (κ3) is 3.56. The number of hydrogen-bond acceptors (Lipinski definition) is 5. The molecular weight excluding hydrogens is 296 g/mol. The summed E-state index contributed by atoms with van der Waals surface area (Å²) >= 11 is 0. The molecule has 0 heterocycles. The van der Waals surface area contributed by atoms with Gasteiger partial charge in [0.1, 0.15) is 5.75 Å². The summed E-state index contributed by atoms with van der Waals surface area (Å²) in [4.78, 5) is 12.0. The highest BCUT2D eigenvalue weighted by Crippen LogP contribution is 2.34. The number of aryl methyl sites for hydroxylation is 2. The minimum Gasteiger partial charge on any atom is -0.504 e. The van der Waals surface area contributed by atoms with Crippen LogP contribution in [0.4, 0.5) is 0 Å². The van der Waals surface area contributed by atoms with Crippen LogP contribution >= 0.6 is 0 Å². The van der Waals surface area contributed by atoms with Crippen molar-refractivity contribution in [1.29, 1.82) is 0 Å². The van der Waals surface area contributed by atoms with Gasteiger partial charge in [-0.1, -0.05) is 12.1 Å². The van der Waals surface area contributed by atoms with Gasteiger partial charge in [0.05, 0.1) is 19.8 Å². The largest absolute Gasteiger partial charge is 0.504 e. The van der Waals surface area contributed by atoms with Crippen LogP contribution in [-0.2, 0) is 17.6 Å². The number of carbonyl (C=O) groups is 1. The lowest BCUT2D eigenvalue weighted by Crippen LogP contribution is -2.09. The van der Waals surface area contributed by atoms with Crippen molar-refractivity contribution in [2.75, 3.05) is 14.2 Å². The molecule has 0 aliphatic carbocycles. The van der Waals surface area contributed by atoms with E-state index in [0.717, 1.165) is 11.3 Å². The van der Waals surface area contributed by atoms with Crippen molar-refractivity contribution >= 4 is 5.97 Å². The average Bonchev–Trinajstić information content (AvgIpc) is 2.57. The van der Waals surface area contributed by atoms with Gasteiger partial charge in [-0.25, -0.2) is 4.79 Å². The zero-order valence-corrected chi connectivity index (χ0v) is 13.4. The lowest BCUT2D eigenvalue weighted by Gasteiger charge is -2.14. The van der Waals surface area contributed by atoms with Crippen LogP contribution in [0.5, 0.6) is 17.2 Å². The topological polar surface area (TPSA) is 76.0 Å². The van der Waals surface area contributed by atoms with Gasteiger partial charge in [-0.2, -0.15) is 0 Å². The SMILES string of the molecule is COC(=O)c1c(CCc2ccc(OC)cc2)cc(O)c(O)c1C. The Labute approximate surface area is 135 Å². The second-order valence-corrected chi connectivity index (χ2v) is 5.24. The molecule has 0 aromatic heterocycles. The minimum atomic E-state index is -0.525. The highest BCUT2D eigenvalue weighted by molar-refractivity contribution is 5.94. The first-order valence-electron chi connectivity index (χ1n) is 7.23. The summed E-state index contributed by atoms with van der Waals surface area (Å²) in [5.74, 6) is -0.275. The minimum absolute atomic E-state index is 0.236. The molecule has 0 saturated heterocycles. The number of aromatic hydroxyl groups is 2. The van der Waals surface area contributed by atoms with E-state index in [1.807, 2.05) is 24.3 Å². The molecule has 5 heteroatoms. The van der Waals surface area contributed by atoms with Gasteiger partial charge in [-0.15, -0.1) is 0 Å². The second-order valence-electron chi connectivity index (χ2n) is 5.24. The lowest BCUT2D eigenvalue weighted by molar-refractivity contribution is 0.0598. The molecule has 0 aliphatic rings. The first-order chi connectivity index (χ1) is 11.0. The first-order valence-corrected chi connectivity index (χ1v) is 7.23. The van der Waals surface area contributed by atoms with E-state index in [4.69, 9.17) is 9.47 Å². The maximum atomic E-state index is 12.0. The van der Waals surface area contributed by atoms with Gasteiger partial charge >= 0.3 is 5.97 Å². The molecule has 0 amide bonds. The predicted molar refractivity (Wildman–Crippen MR) is 86.3 cm³/mol. The highest BCUT2D eigenvalue weighted by atomic mass is 16.5. The quantitative estimate of drug-likeness (QED) is 0.655. The molecule has 0 atom stereocenters. The van der Waals surface area contributed by atoms with Crippen molar-refractivity contribution in [2.45, 2.75) is 19.8 Å². The number of phenols is 2. The van der Waals surface area contributed by atoms with Gasteiger partial charge in [-0.3, -0.25) is 0 Å². The molecule has 0 unspecified atom stereocenters. The van der Waals surface area contributed by atoms with Gasteiger partial charge < -0.3 is 19.7 Å². The van der Waals surface area contributed by atoms with E-state index >= 15 is 0 Å². The number of esters is 1. The van der Waals surface area contributed by atoms with Crippen LogP contribution in [0.25, 0.3) is 0 Å². The van der Waals surface area contributed by atoms with Crippen molar-refractivity contribution in [3.8, 4) is 17.2 Å². The number of methoxy groups -OCH3 is 2. The van der Waals surface area contributed by atoms with Gasteiger partial charge in [0.25, 0.3) is 0 Å². The van der Waals surface area contributed by atoms with E-state index in [9.17, 15) is 15.0 Å². The fourth-order valence-corrected chi connectivity index (χ4v) is 2.51. The Bertz CT molecular complexity index is 704. The summed E-state index contributed by atoms with van der Waals surface area (Å²) in [6, 6.07) is 9.05. The van der Waals surface area contributed by atoms with Crippen LogP contribution < -0.4 is 4.74 Å². The third-order valence-corrected chi connectivity index (χ3v) is 3.84. The van der Waals surface area contributed by atoms with Crippen LogP contribution in [0.2, 0.25) is 0 Å². The van der Waals surface area contributed by atoms with Crippen molar-refractivity contribution < 1.29 is 24.5 Å². The maximum Gasteiger partial charge on any atom is 0.338 e. The van der Waals surface area contributed by atoms with E-state index in [1.165, 1.54) is 13.2 Å². The summed E-state index contributed by atoms with van der Waals surface area (Å²) < 4.78 is 9.91. The van der Waals surface area contributed by atoms with E-state index in [0.29, 0.717) is 29.5 Å². The number of hydrogen-bond donors (Lipinski definition) is 2. The van der Waals surface area contributed by atoms with Gasteiger partial charge in [0.15, 0.2) is 11.5 Å². The third-order valence-electron chi connectivity index (χ3n) is 3.84. The van der Waals surface area contributed by atoms with Crippen LogP contribution in [-0.4, -0.2) is 30.4 Å². The first kappa shape index (κ1) is 16.7. The van der Waals surface area contributed by atoms with E-state index in [1.54, 1.807) is 14.0 Å². The number of phenolic OH excluding ortho intramolecular Hbond substituents is 2. The monoisotopic (exact) mass is 316 g/mol. The number of carbonyl (C=O) groups excluding carboxylic acids is 1. The summed E-state index contributed by atoms with van der Waals surface area (Å²) in [5, 5.41) is 19.6. The Morgan fingerprint density at radius 2 is 1.74 bits per heavy atom. The molecule has 0 aliphatic heterocycles. The van der Waals surface area contributed by atoms with Crippen LogP contribution in [0, 0.1) is 6.92 Å². The zero-order chi connectivity index (χ0) is 17.0. The molecule has 0 saturated carbocycles. The Balaban J connectivity index is 2.29. The maximum absolute atomic E-state index is 12.0. The lowest BCUT2D eigenvalue weighted by atomic mass is 9.95. The molecule has 23 heavy (non-hydrogen) atoms. The van der Waals surface area contributed by atoms with Crippen molar-refractivity contribution in [3.05, 3.63) is 52.6 Å². The predicted octanol–water partition coefficient (Wildman–Crippen LogP) is 2.99. The van der Waals surface area contributed by atoms with E-state index in [2.05, 4.69) is 0 Å².